The minimum Gasteiger partial charge on any atom is -0.464 e. The van der Waals surface area contributed by atoms with Crippen molar-refractivity contribution in [2.75, 3.05) is 12.4 Å². The van der Waals surface area contributed by atoms with E-state index in [4.69, 9.17) is 11.6 Å². The summed E-state index contributed by atoms with van der Waals surface area (Å²) in [6, 6.07) is 5.06. The first-order chi connectivity index (χ1) is 11.0. The molecular weight excluding hydrogens is 320 g/mol. The number of anilines is 1. The van der Waals surface area contributed by atoms with Crippen molar-refractivity contribution in [3.63, 3.8) is 0 Å². The molecule has 3 aromatic rings. The number of hydrogen-bond donors (Lipinski definition) is 3. The summed E-state index contributed by atoms with van der Waals surface area (Å²) < 4.78 is 4.69. The molecule has 8 heteroatoms. The molecule has 0 unspecified atom stereocenters. The molecule has 0 aromatic carbocycles. The Hall–Kier alpha value is -2.80. The number of aryl methyl sites for hydroxylation is 1. The molecule has 0 atom stereocenters. The zero-order chi connectivity index (χ0) is 16.6. The lowest BCUT2D eigenvalue weighted by atomic mass is 10.3. The van der Waals surface area contributed by atoms with E-state index in [-0.39, 0.29) is 10.8 Å². The normalized spacial score (nSPS) is 10.7. The minimum atomic E-state index is -0.558. The molecule has 0 radical (unpaired) electrons. The van der Waals surface area contributed by atoms with Crippen LogP contribution in [-0.4, -0.2) is 33.9 Å². The van der Waals surface area contributed by atoms with Crippen molar-refractivity contribution in [2.24, 2.45) is 0 Å². The van der Waals surface area contributed by atoms with E-state index < -0.39 is 11.9 Å². The number of amides is 1. The first-order valence-electron chi connectivity index (χ1n) is 6.72. The molecule has 0 aliphatic carbocycles. The first-order valence-corrected chi connectivity index (χ1v) is 7.10. The number of H-pyrrole nitrogens is 2. The summed E-state index contributed by atoms with van der Waals surface area (Å²) in [5.41, 5.74) is 2.16. The van der Waals surface area contributed by atoms with Crippen molar-refractivity contribution in [3.8, 4) is 0 Å². The molecule has 7 nitrogen and oxygen atoms in total. The fraction of sp³-hybridized carbons (Fsp3) is 0.133. The van der Waals surface area contributed by atoms with Gasteiger partial charge in [-0.1, -0.05) is 11.6 Å². The highest BCUT2D eigenvalue weighted by atomic mass is 35.5. The number of rotatable bonds is 3. The van der Waals surface area contributed by atoms with Crippen LogP contribution in [0.1, 0.15) is 26.7 Å². The van der Waals surface area contributed by atoms with Crippen molar-refractivity contribution in [1.82, 2.24) is 15.0 Å². The SMILES string of the molecule is COC(=O)c1[nH]c(C)cc1NC(=O)c1cc2ccnc(Cl)c2[nH]1. The van der Waals surface area contributed by atoms with Crippen molar-refractivity contribution >= 4 is 40.1 Å². The predicted octanol–water partition coefficient (Wildman–Crippen LogP) is 2.89. The summed E-state index contributed by atoms with van der Waals surface area (Å²) in [4.78, 5) is 33.8. The number of aromatic nitrogens is 3. The van der Waals surface area contributed by atoms with Crippen molar-refractivity contribution in [3.05, 3.63) is 46.6 Å². The minimum absolute atomic E-state index is 0.189. The first kappa shape index (κ1) is 15.1. The van der Waals surface area contributed by atoms with Crippen LogP contribution in [0.2, 0.25) is 5.15 Å². The van der Waals surface area contributed by atoms with E-state index in [1.807, 2.05) is 0 Å². The molecule has 118 valence electrons. The lowest BCUT2D eigenvalue weighted by molar-refractivity contribution is 0.0596. The van der Waals surface area contributed by atoms with Gasteiger partial charge in [0.25, 0.3) is 5.91 Å². The molecule has 3 rings (SSSR count). The van der Waals surface area contributed by atoms with Crippen LogP contribution in [0.15, 0.2) is 24.4 Å². The molecule has 0 aliphatic heterocycles. The van der Waals surface area contributed by atoms with Crippen LogP contribution >= 0.6 is 11.6 Å². The van der Waals surface area contributed by atoms with Gasteiger partial charge in [-0.3, -0.25) is 4.79 Å². The molecule has 1 amide bonds. The van der Waals surface area contributed by atoms with Gasteiger partial charge in [-0.2, -0.15) is 0 Å². The van der Waals surface area contributed by atoms with Gasteiger partial charge in [-0.05, 0) is 25.1 Å². The molecule has 0 saturated heterocycles. The van der Waals surface area contributed by atoms with Crippen LogP contribution in [0, 0.1) is 6.92 Å². The average Bonchev–Trinajstić information content (AvgIpc) is 3.11. The molecule has 3 N–H and O–H groups in total. The van der Waals surface area contributed by atoms with Crippen LogP contribution in [0.5, 0.6) is 0 Å². The Bertz CT molecular complexity index is 913. The molecule has 0 aliphatic rings. The van der Waals surface area contributed by atoms with Crippen LogP contribution < -0.4 is 5.32 Å². The Labute approximate surface area is 136 Å². The summed E-state index contributed by atoms with van der Waals surface area (Å²) in [5, 5.41) is 3.74. The third kappa shape index (κ3) is 2.78. The second-order valence-electron chi connectivity index (χ2n) is 4.94. The smallest absolute Gasteiger partial charge is 0.356 e. The van der Waals surface area contributed by atoms with Crippen LogP contribution in [0.4, 0.5) is 5.69 Å². The number of nitrogens with zero attached hydrogens (tertiary/aromatic N) is 1. The highest BCUT2D eigenvalue weighted by Gasteiger charge is 2.18. The van der Waals surface area contributed by atoms with E-state index in [2.05, 4.69) is 25.0 Å². The number of halogens is 1. The molecule has 23 heavy (non-hydrogen) atoms. The number of carbonyl (C=O) groups is 2. The summed E-state index contributed by atoms with van der Waals surface area (Å²) in [6.45, 7) is 1.77. The van der Waals surface area contributed by atoms with Crippen molar-refractivity contribution < 1.29 is 14.3 Å². The Morgan fingerprint density at radius 3 is 2.78 bits per heavy atom. The van der Waals surface area contributed by atoms with Gasteiger partial charge in [0.1, 0.15) is 11.4 Å². The van der Waals surface area contributed by atoms with Gasteiger partial charge in [0.15, 0.2) is 5.15 Å². The Morgan fingerprint density at radius 2 is 2.09 bits per heavy atom. The van der Waals surface area contributed by atoms with Gasteiger partial charge in [0.05, 0.1) is 18.3 Å². The monoisotopic (exact) mass is 332 g/mol. The number of methoxy groups -OCH3 is 1. The Kier molecular flexibility index (Phi) is 3.79. The maximum Gasteiger partial charge on any atom is 0.356 e. The number of ether oxygens (including phenoxy) is 1. The number of fused-ring (bicyclic) bond motifs is 1. The third-order valence-corrected chi connectivity index (χ3v) is 3.62. The average molecular weight is 333 g/mol. The standard InChI is InChI=1S/C15H13ClN4O3/c1-7-5-9(12(18-7)15(22)23-2)20-14(21)10-6-8-3-4-17-13(16)11(8)19-10/h3-6,18-19H,1-2H3,(H,20,21). The van der Waals surface area contributed by atoms with Crippen LogP contribution in [-0.2, 0) is 4.74 Å². The van der Waals surface area contributed by atoms with E-state index in [1.54, 1.807) is 31.3 Å². The highest BCUT2D eigenvalue weighted by molar-refractivity contribution is 6.34. The number of carbonyl (C=O) groups excluding carboxylic acids is 2. The molecule has 3 aromatic heterocycles. The Morgan fingerprint density at radius 1 is 1.30 bits per heavy atom. The lowest BCUT2D eigenvalue weighted by Gasteiger charge is -2.04. The number of nitrogens with one attached hydrogen (secondary N) is 3. The van der Waals surface area contributed by atoms with Gasteiger partial charge in [0, 0.05) is 17.3 Å². The largest absolute Gasteiger partial charge is 0.464 e. The number of pyridine rings is 1. The molecule has 0 bridgehead atoms. The predicted molar refractivity (Wildman–Crippen MR) is 85.9 cm³/mol. The summed E-state index contributed by atoms with van der Waals surface area (Å²) >= 11 is 5.98. The Balaban J connectivity index is 1.92. The molecular formula is C15H13ClN4O3. The topological polar surface area (TPSA) is 99.9 Å². The molecule has 0 saturated carbocycles. The molecule has 3 heterocycles. The second-order valence-corrected chi connectivity index (χ2v) is 5.29. The van der Waals surface area contributed by atoms with Crippen molar-refractivity contribution in [2.45, 2.75) is 6.92 Å². The maximum atomic E-state index is 12.4. The zero-order valence-corrected chi connectivity index (χ0v) is 13.1. The van der Waals surface area contributed by atoms with Gasteiger partial charge in [-0.25, -0.2) is 9.78 Å². The third-order valence-electron chi connectivity index (χ3n) is 3.33. The quantitative estimate of drug-likeness (QED) is 0.507. The van der Waals surface area contributed by atoms with E-state index in [9.17, 15) is 9.59 Å². The van der Waals surface area contributed by atoms with Crippen LogP contribution in [0.3, 0.4) is 0 Å². The van der Waals surface area contributed by atoms with Crippen LogP contribution in [0.25, 0.3) is 10.9 Å². The van der Waals surface area contributed by atoms with Gasteiger partial charge in [-0.15, -0.1) is 0 Å². The van der Waals surface area contributed by atoms with Gasteiger partial charge >= 0.3 is 5.97 Å². The number of hydrogen-bond acceptors (Lipinski definition) is 4. The maximum absolute atomic E-state index is 12.4. The highest BCUT2D eigenvalue weighted by Crippen LogP contribution is 2.23. The van der Waals surface area contributed by atoms with Crippen molar-refractivity contribution in [1.29, 1.82) is 0 Å². The number of aromatic amines is 2. The summed E-state index contributed by atoms with van der Waals surface area (Å²) in [6.07, 6.45) is 1.56. The second kappa shape index (κ2) is 5.77. The van der Waals surface area contributed by atoms with Gasteiger partial charge < -0.3 is 20.0 Å². The van der Waals surface area contributed by atoms with E-state index >= 15 is 0 Å². The summed E-state index contributed by atoms with van der Waals surface area (Å²) in [5.74, 6) is -0.960. The molecule has 0 spiro atoms. The van der Waals surface area contributed by atoms with E-state index in [1.165, 1.54) is 7.11 Å². The fourth-order valence-corrected chi connectivity index (χ4v) is 2.50. The molecule has 0 fully saturated rings. The fourth-order valence-electron chi connectivity index (χ4n) is 2.28. The zero-order valence-electron chi connectivity index (χ0n) is 12.4. The number of esters is 1. The van der Waals surface area contributed by atoms with E-state index in [0.29, 0.717) is 16.9 Å². The summed E-state index contributed by atoms with van der Waals surface area (Å²) in [7, 11) is 1.27. The van der Waals surface area contributed by atoms with Gasteiger partial charge in [0.2, 0.25) is 0 Å². The van der Waals surface area contributed by atoms with E-state index in [0.717, 1.165) is 11.1 Å². The lowest BCUT2D eigenvalue weighted by Crippen LogP contribution is -2.15.